The summed E-state index contributed by atoms with van der Waals surface area (Å²) in [5, 5.41) is 0. The SMILES string of the molecule is CC(=O)CCC(=O)N1CCCN(C(=O)CCCOc2ccccc2C)CC1. The predicted octanol–water partition coefficient (Wildman–Crippen LogP) is 2.58. The largest absolute Gasteiger partial charge is 0.493 e. The molecule has 1 aromatic carbocycles. The molecule has 0 atom stereocenters. The monoisotopic (exact) mass is 374 g/mol. The van der Waals surface area contributed by atoms with Crippen molar-refractivity contribution in [1.82, 2.24) is 9.80 Å². The van der Waals surface area contributed by atoms with Crippen LogP contribution >= 0.6 is 0 Å². The van der Waals surface area contributed by atoms with Gasteiger partial charge in [-0.15, -0.1) is 0 Å². The first-order chi connectivity index (χ1) is 13.0. The van der Waals surface area contributed by atoms with E-state index in [0.29, 0.717) is 52.0 Å². The lowest BCUT2D eigenvalue weighted by Gasteiger charge is -2.22. The molecule has 6 heteroatoms. The molecular weight excluding hydrogens is 344 g/mol. The first-order valence-corrected chi connectivity index (χ1v) is 9.71. The minimum Gasteiger partial charge on any atom is -0.493 e. The van der Waals surface area contributed by atoms with Crippen LogP contribution in [0.4, 0.5) is 0 Å². The summed E-state index contributed by atoms with van der Waals surface area (Å²) < 4.78 is 5.74. The number of amides is 2. The van der Waals surface area contributed by atoms with Crippen LogP contribution in [0.25, 0.3) is 0 Å². The number of carbonyl (C=O) groups excluding carboxylic acids is 3. The molecule has 0 aliphatic carbocycles. The van der Waals surface area contributed by atoms with E-state index < -0.39 is 0 Å². The van der Waals surface area contributed by atoms with Crippen molar-refractivity contribution >= 4 is 17.6 Å². The summed E-state index contributed by atoms with van der Waals surface area (Å²) >= 11 is 0. The summed E-state index contributed by atoms with van der Waals surface area (Å²) in [5.74, 6) is 1.01. The third-order valence-electron chi connectivity index (χ3n) is 4.78. The Balaban J connectivity index is 1.70. The van der Waals surface area contributed by atoms with Gasteiger partial charge in [0.05, 0.1) is 6.61 Å². The van der Waals surface area contributed by atoms with Gasteiger partial charge in [0.25, 0.3) is 0 Å². The lowest BCUT2D eigenvalue weighted by Crippen LogP contribution is -2.37. The van der Waals surface area contributed by atoms with Crippen molar-refractivity contribution in [2.75, 3.05) is 32.8 Å². The number of nitrogens with zero attached hydrogens (tertiary/aromatic N) is 2. The fourth-order valence-corrected chi connectivity index (χ4v) is 3.14. The van der Waals surface area contributed by atoms with E-state index >= 15 is 0 Å². The number of hydrogen-bond acceptors (Lipinski definition) is 4. The van der Waals surface area contributed by atoms with Crippen LogP contribution in [0.5, 0.6) is 5.75 Å². The second-order valence-electron chi connectivity index (χ2n) is 7.03. The van der Waals surface area contributed by atoms with Gasteiger partial charge in [-0.25, -0.2) is 0 Å². The summed E-state index contributed by atoms with van der Waals surface area (Å²) in [6, 6.07) is 7.85. The fourth-order valence-electron chi connectivity index (χ4n) is 3.14. The topological polar surface area (TPSA) is 66.9 Å². The molecule has 0 saturated carbocycles. The average molecular weight is 374 g/mol. The van der Waals surface area contributed by atoms with Gasteiger partial charge in [-0.1, -0.05) is 18.2 Å². The van der Waals surface area contributed by atoms with Gasteiger partial charge in [-0.2, -0.15) is 0 Å². The molecule has 1 aliphatic heterocycles. The molecule has 0 unspecified atom stereocenters. The highest BCUT2D eigenvalue weighted by Crippen LogP contribution is 2.16. The highest BCUT2D eigenvalue weighted by atomic mass is 16.5. The molecule has 6 nitrogen and oxygen atoms in total. The van der Waals surface area contributed by atoms with Gasteiger partial charge in [0.2, 0.25) is 11.8 Å². The summed E-state index contributed by atoms with van der Waals surface area (Å²) in [6.07, 6.45) is 2.45. The van der Waals surface area contributed by atoms with Gasteiger partial charge in [0.1, 0.15) is 11.5 Å². The lowest BCUT2D eigenvalue weighted by atomic mass is 10.2. The van der Waals surface area contributed by atoms with Crippen LogP contribution < -0.4 is 4.74 Å². The molecule has 0 spiro atoms. The van der Waals surface area contributed by atoms with E-state index in [2.05, 4.69) is 0 Å². The molecule has 2 rings (SSSR count). The summed E-state index contributed by atoms with van der Waals surface area (Å²) in [6.45, 7) is 6.44. The number of carbonyl (C=O) groups is 3. The molecule has 148 valence electrons. The van der Waals surface area contributed by atoms with Gasteiger partial charge in [0.15, 0.2) is 0 Å². The fraction of sp³-hybridized carbons (Fsp3) is 0.571. The van der Waals surface area contributed by atoms with Gasteiger partial charge < -0.3 is 19.3 Å². The third-order valence-corrected chi connectivity index (χ3v) is 4.78. The average Bonchev–Trinajstić information content (AvgIpc) is 2.90. The normalized spacial score (nSPS) is 14.6. The molecule has 1 aromatic rings. The zero-order valence-corrected chi connectivity index (χ0v) is 16.4. The number of ketones is 1. The summed E-state index contributed by atoms with van der Waals surface area (Å²) in [5.41, 5.74) is 1.09. The number of rotatable bonds is 8. The Morgan fingerprint density at radius 3 is 2.19 bits per heavy atom. The van der Waals surface area contributed by atoms with E-state index in [9.17, 15) is 14.4 Å². The summed E-state index contributed by atoms with van der Waals surface area (Å²) in [4.78, 5) is 39.3. The maximum Gasteiger partial charge on any atom is 0.223 e. The number of benzene rings is 1. The Bertz CT molecular complexity index is 659. The van der Waals surface area contributed by atoms with E-state index in [1.165, 1.54) is 6.92 Å². The van der Waals surface area contributed by atoms with Gasteiger partial charge >= 0.3 is 0 Å². The molecule has 0 radical (unpaired) electrons. The quantitative estimate of drug-likeness (QED) is 0.656. The smallest absolute Gasteiger partial charge is 0.223 e. The predicted molar refractivity (Wildman–Crippen MR) is 104 cm³/mol. The van der Waals surface area contributed by atoms with Crippen molar-refractivity contribution in [3.05, 3.63) is 29.8 Å². The Hall–Kier alpha value is -2.37. The van der Waals surface area contributed by atoms with Crippen LogP contribution in [0.15, 0.2) is 24.3 Å². The van der Waals surface area contributed by atoms with Crippen LogP contribution in [0.2, 0.25) is 0 Å². The molecular formula is C21H30N2O4. The molecule has 1 aliphatic rings. The van der Waals surface area contributed by atoms with Crippen molar-refractivity contribution in [3.8, 4) is 5.75 Å². The first kappa shape index (κ1) is 20.9. The number of aryl methyl sites for hydroxylation is 1. The highest BCUT2D eigenvalue weighted by Gasteiger charge is 2.21. The number of ether oxygens (including phenoxy) is 1. The molecule has 0 N–H and O–H groups in total. The van der Waals surface area contributed by atoms with Crippen molar-refractivity contribution in [2.24, 2.45) is 0 Å². The van der Waals surface area contributed by atoms with E-state index in [4.69, 9.17) is 4.74 Å². The third kappa shape index (κ3) is 7.04. The van der Waals surface area contributed by atoms with Gasteiger partial charge in [-0.05, 0) is 38.3 Å². The van der Waals surface area contributed by atoms with Crippen LogP contribution in [0.3, 0.4) is 0 Å². The zero-order chi connectivity index (χ0) is 19.6. The van der Waals surface area contributed by atoms with E-state index in [-0.39, 0.29) is 24.0 Å². The minimum absolute atomic E-state index is 0.00568. The van der Waals surface area contributed by atoms with Gasteiger partial charge in [0, 0.05) is 45.4 Å². The van der Waals surface area contributed by atoms with Crippen LogP contribution in [0.1, 0.15) is 44.6 Å². The lowest BCUT2D eigenvalue weighted by molar-refractivity contribution is -0.134. The Morgan fingerprint density at radius 2 is 1.56 bits per heavy atom. The van der Waals surface area contributed by atoms with Crippen LogP contribution in [-0.2, 0) is 14.4 Å². The maximum absolute atomic E-state index is 12.4. The Kier molecular flexibility index (Phi) is 8.30. The number of para-hydroxylation sites is 1. The van der Waals surface area contributed by atoms with Crippen LogP contribution in [0, 0.1) is 6.92 Å². The highest BCUT2D eigenvalue weighted by molar-refractivity contribution is 5.83. The van der Waals surface area contributed by atoms with Crippen molar-refractivity contribution in [2.45, 2.75) is 46.0 Å². The molecule has 0 aromatic heterocycles. The van der Waals surface area contributed by atoms with Crippen molar-refractivity contribution in [3.63, 3.8) is 0 Å². The Labute approximate surface area is 161 Å². The molecule has 1 fully saturated rings. The standard InChI is InChI=1S/C21H30N2O4/c1-17-7-3-4-8-19(17)27-16-5-9-20(25)22-12-6-13-23(15-14-22)21(26)11-10-18(2)24/h3-4,7-8H,5-6,9-16H2,1-2H3. The number of Topliss-reactive ketones (excluding diaryl/α,β-unsaturated/α-hetero) is 1. The summed E-state index contributed by atoms with van der Waals surface area (Å²) in [7, 11) is 0. The van der Waals surface area contributed by atoms with E-state index in [0.717, 1.165) is 17.7 Å². The van der Waals surface area contributed by atoms with E-state index in [1.807, 2.05) is 36.1 Å². The minimum atomic E-state index is 0.00568. The molecule has 1 heterocycles. The Morgan fingerprint density at radius 1 is 0.926 bits per heavy atom. The zero-order valence-electron chi connectivity index (χ0n) is 16.4. The maximum atomic E-state index is 12.4. The van der Waals surface area contributed by atoms with E-state index in [1.54, 1.807) is 4.90 Å². The second-order valence-corrected chi connectivity index (χ2v) is 7.03. The molecule has 27 heavy (non-hydrogen) atoms. The molecule has 2 amide bonds. The number of hydrogen-bond donors (Lipinski definition) is 0. The second kappa shape index (κ2) is 10.7. The first-order valence-electron chi connectivity index (χ1n) is 9.71. The molecule has 1 saturated heterocycles. The van der Waals surface area contributed by atoms with Crippen molar-refractivity contribution < 1.29 is 19.1 Å². The molecule has 0 bridgehead atoms. The van der Waals surface area contributed by atoms with Crippen molar-refractivity contribution in [1.29, 1.82) is 0 Å². The van der Waals surface area contributed by atoms with Gasteiger partial charge in [-0.3, -0.25) is 9.59 Å². The van der Waals surface area contributed by atoms with Crippen LogP contribution in [-0.4, -0.2) is 60.2 Å².